The molecule has 4 atom stereocenters. The van der Waals surface area contributed by atoms with Gasteiger partial charge in [-0.1, -0.05) is 31.7 Å². The molecule has 2 unspecified atom stereocenters. The second kappa shape index (κ2) is 13.5. The molecule has 165 valence electrons. The third kappa shape index (κ3) is 7.93. The van der Waals surface area contributed by atoms with Crippen molar-refractivity contribution in [2.75, 3.05) is 13.1 Å². The van der Waals surface area contributed by atoms with E-state index in [9.17, 15) is 0 Å². The molecule has 8 heteroatoms. The van der Waals surface area contributed by atoms with Crippen molar-refractivity contribution in [3.05, 3.63) is 29.6 Å². The number of halogens is 2. The summed E-state index contributed by atoms with van der Waals surface area (Å²) in [6.45, 7) is 3.89. The molecule has 1 aromatic heterocycles. The van der Waals surface area contributed by atoms with Crippen LogP contribution >= 0.6 is 20.2 Å². The van der Waals surface area contributed by atoms with E-state index in [1.54, 1.807) is 0 Å². The van der Waals surface area contributed by atoms with E-state index in [-0.39, 0.29) is 13.1 Å². The van der Waals surface area contributed by atoms with E-state index in [1.165, 1.54) is 62.8 Å². The zero-order valence-electron chi connectivity index (χ0n) is 17.1. The van der Waals surface area contributed by atoms with Gasteiger partial charge < -0.3 is 21.3 Å². The van der Waals surface area contributed by atoms with Gasteiger partial charge in [0.05, 0.1) is 11.4 Å². The first-order chi connectivity index (χ1) is 14.3. The standard InChI is InChI=1S/C21H35N5.2ClH.Mn/c1-3-10-20-18(8-1)22-12-13-23-19-9-2-4-11-21(19)25-15-17-7-5-6-16(26-17)14-24-20;;;/h5-7,18-25H,1-4,8-15H2;2*1H;/q;;;+2/p-2/t18-,19?,20-,21?;;;/m1.../s1. The van der Waals surface area contributed by atoms with E-state index >= 15 is 0 Å². The Hall–Kier alpha value is 0.0895. The number of pyridine rings is 1. The third-order valence-electron chi connectivity index (χ3n) is 6.43. The van der Waals surface area contributed by atoms with Gasteiger partial charge in [0.15, 0.2) is 0 Å². The van der Waals surface area contributed by atoms with E-state index in [2.05, 4.69) is 39.5 Å². The molecule has 0 saturated heterocycles. The van der Waals surface area contributed by atoms with E-state index < -0.39 is 0 Å². The first-order valence-corrected chi connectivity index (χ1v) is 14.3. The Labute approximate surface area is 190 Å². The molecule has 2 fully saturated rings. The Morgan fingerprint density at radius 3 is 1.48 bits per heavy atom. The van der Waals surface area contributed by atoms with Crippen LogP contribution in [0.25, 0.3) is 0 Å². The van der Waals surface area contributed by atoms with Crippen molar-refractivity contribution in [3.63, 3.8) is 0 Å². The molecule has 29 heavy (non-hydrogen) atoms. The maximum Gasteiger partial charge on any atom is 0.0545 e. The Bertz CT molecular complexity index is 549. The summed E-state index contributed by atoms with van der Waals surface area (Å²) >= 11 is 0.00694. The van der Waals surface area contributed by atoms with Gasteiger partial charge >= 0.3 is 33.3 Å². The van der Waals surface area contributed by atoms with Crippen LogP contribution in [-0.4, -0.2) is 42.2 Å². The van der Waals surface area contributed by atoms with Gasteiger partial charge in [-0.25, -0.2) is 0 Å². The average Bonchev–Trinajstić information content (AvgIpc) is 2.76. The minimum Gasteiger partial charge on any atom is -0.311 e. The molecule has 0 aromatic carbocycles. The fourth-order valence-electron chi connectivity index (χ4n) is 4.95. The molecule has 2 aliphatic carbocycles. The third-order valence-corrected chi connectivity index (χ3v) is 6.43. The van der Waals surface area contributed by atoms with E-state index in [0.29, 0.717) is 24.2 Å². The minimum atomic E-state index is 0.00694. The monoisotopic (exact) mass is 482 g/mol. The van der Waals surface area contributed by atoms with E-state index in [1.807, 2.05) is 0 Å². The number of nitrogens with one attached hydrogen (secondary N) is 4. The Kier molecular flexibility index (Phi) is 11.0. The van der Waals surface area contributed by atoms with Gasteiger partial charge in [-0.3, -0.25) is 4.98 Å². The largest absolute Gasteiger partial charge is 0.311 e. The summed E-state index contributed by atoms with van der Waals surface area (Å²) in [6.07, 6.45) is 10.5. The minimum absolute atomic E-state index is 0.00694. The van der Waals surface area contributed by atoms with Crippen LogP contribution in [0.1, 0.15) is 62.8 Å². The van der Waals surface area contributed by atoms with Crippen LogP contribution in [0.5, 0.6) is 0 Å². The molecule has 2 heterocycles. The van der Waals surface area contributed by atoms with Gasteiger partial charge in [0, 0.05) is 50.3 Å². The van der Waals surface area contributed by atoms with Crippen molar-refractivity contribution in [2.24, 2.45) is 0 Å². The van der Waals surface area contributed by atoms with Gasteiger partial charge in [0.1, 0.15) is 0 Å². The molecule has 0 radical (unpaired) electrons. The molecule has 0 amide bonds. The number of aromatic nitrogens is 1. The SMILES string of the molecule is [Cl][Mn][Cl].c1cc2nc(c1)CN[C@@H]1CCCC[C@H]1NCCNC1CCCCC1NC2. The molecule has 2 saturated carbocycles. The molecule has 2 bridgehead atoms. The van der Waals surface area contributed by atoms with Gasteiger partial charge in [-0.15, -0.1) is 0 Å². The first-order valence-electron chi connectivity index (χ1n) is 11.1. The molecule has 1 aromatic rings. The average molecular weight is 483 g/mol. The van der Waals surface area contributed by atoms with Crippen molar-refractivity contribution in [2.45, 2.75) is 88.6 Å². The van der Waals surface area contributed by atoms with Crippen molar-refractivity contribution in [1.82, 2.24) is 26.3 Å². The summed E-state index contributed by atoms with van der Waals surface area (Å²) in [5.41, 5.74) is 2.34. The predicted octanol–water partition coefficient (Wildman–Crippen LogP) is 3.45. The summed E-state index contributed by atoms with van der Waals surface area (Å²) in [5, 5.41) is 15.2. The fraction of sp³-hybridized carbons (Fsp3) is 0.762. The van der Waals surface area contributed by atoms with Crippen molar-refractivity contribution < 1.29 is 13.1 Å². The van der Waals surface area contributed by atoms with Gasteiger partial charge in [-0.05, 0) is 37.8 Å². The first kappa shape index (κ1) is 23.7. The number of fused-ring (bicyclic) bond motifs is 4. The smallest absolute Gasteiger partial charge is 0.0545 e. The second-order valence-electron chi connectivity index (χ2n) is 8.34. The Morgan fingerprint density at radius 2 is 1.07 bits per heavy atom. The van der Waals surface area contributed by atoms with E-state index in [0.717, 1.165) is 26.2 Å². The zero-order valence-corrected chi connectivity index (χ0v) is 19.8. The maximum atomic E-state index is 4.89. The van der Waals surface area contributed by atoms with Gasteiger partial charge in [-0.2, -0.15) is 0 Å². The topological polar surface area (TPSA) is 61.0 Å². The summed E-state index contributed by atoms with van der Waals surface area (Å²) in [4.78, 5) is 4.89. The summed E-state index contributed by atoms with van der Waals surface area (Å²) in [6, 6.07) is 8.81. The Balaban J connectivity index is 0.000000755. The summed E-state index contributed by atoms with van der Waals surface area (Å²) in [5.74, 6) is 0. The predicted molar refractivity (Wildman–Crippen MR) is 118 cm³/mol. The zero-order chi connectivity index (χ0) is 20.3. The van der Waals surface area contributed by atoms with Crippen molar-refractivity contribution >= 4 is 20.2 Å². The summed E-state index contributed by atoms with van der Waals surface area (Å²) < 4.78 is 0. The van der Waals surface area contributed by atoms with Crippen molar-refractivity contribution in [1.29, 1.82) is 0 Å². The number of hydrogen-bond acceptors (Lipinski definition) is 5. The van der Waals surface area contributed by atoms with Gasteiger partial charge in [0.2, 0.25) is 0 Å². The van der Waals surface area contributed by atoms with Crippen LogP contribution in [0.15, 0.2) is 18.2 Å². The number of hydrogen-bond donors (Lipinski definition) is 4. The molecular weight excluding hydrogens is 448 g/mol. The summed E-state index contributed by atoms with van der Waals surface area (Å²) in [7, 11) is 9.59. The fourth-order valence-corrected chi connectivity index (χ4v) is 4.95. The van der Waals surface area contributed by atoms with Crippen LogP contribution in [-0.2, 0) is 26.2 Å². The molecule has 3 aliphatic rings. The number of rotatable bonds is 0. The number of nitrogens with zero attached hydrogens (tertiary/aromatic N) is 1. The second-order valence-corrected chi connectivity index (χ2v) is 10.3. The maximum absolute atomic E-state index is 4.89. The van der Waals surface area contributed by atoms with Crippen LogP contribution in [0.2, 0.25) is 0 Å². The van der Waals surface area contributed by atoms with E-state index in [4.69, 9.17) is 25.2 Å². The van der Waals surface area contributed by atoms with Crippen LogP contribution in [0.3, 0.4) is 0 Å². The van der Waals surface area contributed by atoms with Crippen LogP contribution < -0.4 is 21.3 Å². The molecule has 5 nitrogen and oxygen atoms in total. The van der Waals surface area contributed by atoms with Crippen LogP contribution in [0.4, 0.5) is 0 Å². The molecule has 0 spiro atoms. The van der Waals surface area contributed by atoms with Crippen molar-refractivity contribution in [3.8, 4) is 0 Å². The van der Waals surface area contributed by atoms with Crippen LogP contribution in [0, 0.1) is 0 Å². The molecular formula is C21H35Cl2MnN5. The normalized spacial score (nSPS) is 31.1. The Morgan fingerprint density at radius 1 is 0.690 bits per heavy atom. The van der Waals surface area contributed by atoms with Gasteiger partial charge in [0.25, 0.3) is 0 Å². The quantitative estimate of drug-likeness (QED) is 0.426. The molecule has 4 N–H and O–H groups in total. The molecule has 1 aliphatic heterocycles. The molecule has 4 rings (SSSR count).